The lowest BCUT2D eigenvalue weighted by Gasteiger charge is -2.33. The summed E-state index contributed by atoms with van der Waals surface area (Å²) in [5.41, 5.74) is 1.59. The fourth-order valence-corrected chi connectivity index (χ4v) is 3.64. The van der Waals surface area contributed by atoms with Crippen LogP contribution in [0.1, 0.15) is 15.9 Å². The Labute approximate surface area is 179 Å². The van der Waals surface area contributed by atoms with E-state index in [0.717, 1.165) is 18.7 Å². The molecule has 2 aromatic rings. The van der Waals surface area contributed by atoms with Crippen LogP contribution in [0.15, 0.2) is 36.4 Å². The first kappa shape index (κ1) is 21.4. The van der Waals surface area contributed by atoms with Gasteiger partial charge in [-0.05, 0) is 36.9 Å². The van der Waals surface area contributed by atoms with Crippen LogP contribution in [-0.2, 0) is 6.54 Å². The van der Waals surface area contributed by atoms with Gasteiger partial charge in [-0.3, -0.25) is 14.9 Å². The molecule has 0 N–H and O–H groups in total. The van der Waals surface area contributed by atoms with E-state index in [1.165, 1.54) is 11.0 Å². The molecule has 1 saturated heterocycles. The van der Waals surface area contributed by atoms with Crippen molar-refractivity contribution in [3.8, 4) is 0 Å². The summed E-state index contributed by atoms with van der Waals surface area (Å²) in [5.74, 6) is -0.302. The highest BCUT2D eigenvalue weighted by Crippen LogP contribution is 2.30. The normalized spacial score (nSPS) is 14.7. The minimum absolute atomic E-state index is 0.0525. The van der Waals surface area contributed by atoms with Gasteiger partial charge < -0.3 is 14.7 Å². The molecule has 3 rings (SSSR count). The first-order chi connectivity index (χ1) is 13.8. The van der Waals surface area contributed by atoms with E-state index in [1.807, 2.05) is 11.9 Å². The van der Waals surface area contributed by atoms with E-state index >= 15 is 0 Å². The molecule has 1 amide bonds. The first-order valence-corrected chi connectivity index (χ1v) is 9.93. The van der Waals surface area contributed by atoms with Gasteiger partial charge in [0.1, 0.15) is 5.69 Å². The van der Waals surface area contributed by atoms with Crippen molar-refractivity contribution >= 4 is 40.5 Å². The van der Waals surface area contributed by atoms with Crippen molar-refractivity contribution in [2.45, 2.75) is 6.54 Å². The van der Waals surface area contributed by atoms with Crippen LogP contribution in [0, 0.1) is 10.1 Å². The van der Waals surface area contributed by atoms with Gasteiger partial charge >= 0.3 is 0 Å². The molecule has 7 nitrogen and oxygen atoms in total. The maximum atomic E-state index is 12.8. The van der Waals surface area contributed by atoms with E-state index in [-0.39, 0.29) is 17.2 Å². The molecule has 1 aliphatic heterocycles. The average molecular weight is 437 g/mol. The zero-order valence-corrected chi connectivity index (χ0v) is 17.8. The quantitative estimate of drug-likeness (QED) is 0.524. The number of carbonyl (C=O) groups excluding carboxylic acids is 1. The highest BCUT2D eigenvalue weighted by atomic mass is 35.5. The van der Waals surface area contributed by atoms with Gasteiger partial charge in [0.25, 0.3) is 11.6 Å². The van der Waals surface area contributed by atoms with Crippen LogP contribution in [-0.4, -0.2) is 60.9 Å². The zero-order chi connectivity index (χ0) is 21.1. The number of likely N-dealkylation sites (N-methyl/N-ethyl adjacent to an activating group) is 1. The van der Waals surface area contributed by atoms with Gasteiger partial charge in [-0.15, -0.1) is 0 Å². The van der Waals surface area contributed by atoms with Crippen molar-refractivity contribution in [1.82, 2.24) is 9.80 Å². The maximum absolute atomic E-state index is 12.8. The molecule has 1 fully saturated rings. The highest BCUT2D eigenvalue weighted by Gasteiger charge is 2.25. The Kier molecular flexibility index (Phi) is 6.62. The molecule has 0 aliphatic carbocycles. The molecule has 0 saturated carbocycles. The SMILES string of the molecule is CN1CCN(c2ccc(C(=O)N(C)Cc3ccc(Cl)c(Cl)c3)cc2[N+](=O)[O-])CC1. The van der Waals surface area contributed by atoms with Gasteiger partial charge in [-0.2, -0.15) is 0 Å². The van der Waals surface area contributed by atoms with Gasteiger partial charge in [0.05, 0.1) is 15.0 Å². The third kappa shape index (κ3) is 4.98. The summed E-state index contributed by atoms with van der Waals surface area (Å²) in [6.07, 6.45) is 0. The Morgan fingerprint density at radius 3 is 2.41 bits per heavy atom. The van der Waals surface area contributed by atoms with Crippen LogP contribution in [0.25, 0.3) is 0 Å². The van der Waals surface area contributed by atoms with Crippen molar-refractivity contribution in [2.24, 2.45) is 0 Å². The minimum atomic E-state index is -0.427. The molecule has 0 unspecified atom stereocenters. The van der Waals surface area contributed by atoms with E-state index in [9.17, 15) is 14.9 Å². The third-order valence-corrected chi connectivity index (χ3v) is 5.75. The highest BCUT2D eigenvalue weighted by molar-refractivity contribution is 6.42. The van der Waals surface area contributed by atoms with Gasteiger partial charge in [0.2, 0.25) is 0 Å². The number of hydrogen-bond acceptors (Lipinski definition) is 5. The zero-order valence-electron chi connectivity index (χ0n) is 16.3. The van der Waals surface area contributed by atoms with Crippen molar-refractivity contribution in [3.63, 3.8) is 0 Å². The van der Waals surface area contributed by atoms with E-state index in [0.29, 0.717) is 35.4 Å². The van der Waals surface area contributed by atoms with E-state index < -0.39 is 4.92 Å². The number of halogens is 2. The lowest BCUT2D eigenvalue weighted by molar-refractivity contribution is -0.384. The standard InChI is InChI=1S/C20H22Cl2N4O3/c1-23-7-9-25(10-8-23)18-6-4-15(12-19(18)26(28)29)20(27)24(2)13-14-3-5-16(21)17(22)11-14/h3-6,11-12H,7-10,13H2,1-2H3. The predicted octanol–water partition coefficient (Wildman–Crippen LogP) is 3.93. The molecular weight excluding hydrogens is 415 g/mol. The van der Waals surface area contributed by atoms with Crippen molar-refractivity contribution in [3.05, 3.63) is 67.7 Å². The summed E-state index contributed by atoms with van der Waals surface area (Å²) in [7, 11) is 3.67. The molecule has 29 heavy (non-hydrogen) atoms. The largest absolute Gasteiger partial charge is 0.363 e. The fraction of sp³-hybridized carbons (Fsp3) is 0.350. The summed E-state index contributed by atoms with van der Waals surface area (Å²) in [6, 6.07) is 9.84. The molecule has 0 spiro atoms. The second-order valence-corrected chi connectivity index (χ2v) is 7.98. The molecule has 2 aromatic carbocycles. The molecule has 0 bridgehead atoms. The van der Waals surface area contributed by atoms with E-state index in [2.05, 4.69) is 4.90 Å². The van der Waals surface area contributed by atoms with Crippen molar-refractivity contribution < 1.29 is 9.72 Å². The monoisotopic (exact) mass is 436 g/mol. The molecule has 0 atom stereocenters. The second-order valence-electron chi connectivity index (χ2n) is 7.16. The molecule has 1 aliphatic rings. The van der Waals surface area contributed by atoms with Crippen LogP contribution in [0.5, 0.6) is 0 Å². The average Bonchev–Trinajstić information content (AvgIpc) is 2.70. The number of hydrogen-bond donors (Lipinski definition) is 0. The number of rotatable bonds is 5. The first-order valence-electron chi connectivity index (χ1n) is 9.17. The predicted molar refractivity (Wildman–Crippen MR) is 115 cm³/mol. The number of amides is 1. The summed E-state index contributed by atoms with van der Waals surface area (Å²) >= 11 is 12.0. The third-order valence-electron chi connectivity index (χ3n) is 5.01. The smallest absolute Gasteiger partial charge is 0.293 e. The van der Waals surface area contributed by atoms with Crippen LogP contribution >= 0.6 is 23.2 Å². The molecular formula is C20H22Cl2N4O3. The summed E-state index contributed by atoms with van der Waals surface area (Å²) in [4.78, 5) is 29.7. The van der Waals surface area contributed by atoms with Gasteiger partial charge in [0, 0.05) is 51.4 Å². The number of anilines is 1. The molecule has 1 heterocycles. The second kappa shape index (κ2) is 8.98. The number of nitro groups is 1. The van der Waals surface area contributed by atoms with Crippen LogP contribution in [0.3, 0.4) is 0 Å². The minimum Gasteiger partial charge on any atom is -0.363 e. The van der Waals surface area contributed by atoms with Crippen molar-refractivity contribution in [1.29, 1.82) is 0 Å². The van der Waals surface area contributed by atoms with E-state index in [4.69, 9.17) is 23.2 Å². The van der Waals surface area contributed by atoms with Crippen LogP contribution in [0.4, 0.5) is 11.4 Å². The Bertz CT molecular complexity index is 930. The summed E-state index contributed by atoms with van der Waals surface area (Å²) in [5, 5.41) is 12.5. The van der Waals surface area contributed by atoms with Gasteiger partial charge in [-0.25, -0.2) is 0 Å². The van der Waals surface area contributed by atoms with E-state index in [1.54, 1.807) is 37.4 Å². The molecule has 9 heteroatoms. The lowest BCUT2D eigenvalue weighted by atomic mass is 10.1. The maximum Gasteiger partial charge on any atom is 0.293 e. The Morgan fingerprint density at radius 2 is 1.79 bits per heavy atom. The Balaban J connectivity index is 1.80. The van der Waals surface area contributed by atoms with Gasteiger partial charge in [0.15, 0.2) is 0 Å². The number of piperazine rings is 1. The van der Waals surface area contributed by atoms with Crippen LogP contribution in [0.2, 0.25) is 10.0 Å². The number of nitrogens with zero attached hydrogens (tertiary/aromatic N) is 4. The topological polar surface area (TPSA) is 69.9 Å². The molecule has 0 radical (unpaired) electrons. The Morgan fingerprint density at radius 1 is 1.10 bits per heavy atom. The fourth-order valence-electron chi connectivity index (χ4n) is 3.32. The lowest BCUT2D eigenvalue weighted by Crippen LogP contribution is -2.44. The number of benzene rings is 2. The number of carbonyl (C=O) groups is 1. The summed E-state index contributed by atoms with van der Waals surface area (Å²) in [6.45, 7) is 3.40. The van der Waals surface area contributed by atoms with Gasteiger partial charge in [-0.1, -0.05) is 29.3 Å². The molecule has 0 aromatic heterocycles. The summed E-state index contributed by atoms with van der Waals surface area (Å²) < 4.78 is 0. The Hall–Kier alpha value is -2.35. The van der Waals surface area contributed by atoms with Crippen LogP contribution < -0.4 is 4.90 Å². The molecule has 154 valence electrons. The van der Waals surface area contributed by atoms with Crippen molar-refractivity contribution in [2.75, 3.05) is 45.2 Å². The number of nitro benzene ring substituents is 1.